The third-order valence-corrected chi connectivity index (χ3v) is 7.00. The fourth-order valence-electron chi connectivity index (χ4n) is 3.90. The van der Waals surface area contributed by atoms with Crippen LogP contribution in [-0.4, -0.2) is 71.7 Å². The molecule has 2 aliphatic heterocycles. The largest absolute Gasteiger partial charge is 0.447 e. The van der Waals surface area contributed by atoms with Crippen LogP contribution in [0.15, 0.2) is 10.8 Å². The van der Waals surface area contributed by atoms with Crippen LogP contribution in [0.5, 0.6) is 0 Å². The molecule has 1 aliphatic carbocycles. The quantitative estimate of drug-likeness (QED) is 0.767. The summed E-state index contributed by atoms with van der Waals surface area (Å²) in [6, 6.07) is -0.975. The van der Waals surface area contributed by atoms with E-state index >= 15 is 0 Å². The summed E-state index contributed by atoms with van der Waals surface area (Å²) >= 11 is 0. The zero-order valence-corrected chi connectivity index (χ0v) is 14.9. The number of amides is 2. The molecule has 1 aromatic rings. The molecule has 3 aliphatic rings. The molecule has 1 aromatic heterocycles. The van der Waals surface area contributed by atoms with Crippen LogP contribution in [0.25, 0.3) is 0 Å². The van der Waals surface area contributed by atoms with Gasteiger partial charge in [-0.25, -0.2) is 13.4 Å². The SMILES string of the molecule is CCC(=O)N1CCN(C(=O)c2ncoc2C2CC2)[C@H]2CS(=O)(=O)C[C@H]21. The lowest BCUT2D eigenvalue weighted by Gasteiger charge is -2.43. The molecule has 0 spiro atoms. The number of carbonyl (C=O) groups is 2. The average Bonchev–Trinajstić information content (AvgIpc) is 3.20. The molecule has 2 atom stereocenters. The maximum atomic E-state index is 13.0. The highest BCUT2D eigenvalue weighted by atomic mass is 32.2. The lowest BCUT2D eigenvalue weighted by atomic mass is 10.0. The Bertz CT molecular complexity index is 813. The third-order valence-electron chi connectivity index (χ3n) is 5.31. The highest BCUT2D eigenvalue weighted by Gasteiger charge is 2.50. The molecular weight excluding hydrogens is 346 g/mol. The van der Waals surface area contributed by atoms with Crippen molar-refractivity contribution in [1.29, 1.82) is 0 Å². The van der Waals surface area contributed by atoms with Crippen LogP contribution >= 0.6 is 0 Å². The van der Waals surface area contributed by atoms with Crippen molar-refractivity contribution in [2.24, 2.45) is 0 Å². The van der Waals surface area contributed by atoms with E-state index in [1.165, 1.54) is 6.39 Å². The number of sulfone groups is 1. The molecule has 2 saturated heterocycles. The maximum absolute atomic E-state index is 13.0. The minimum atomic E-state index is -3.28. The fourth-order valence-corrected chi connectivity index (χ4v) is 5.89. The summed E-state index contributed by atoms with van der Waals surface area (Å²) in [6.07, 6.45) is 3.57. The number of piperazine rings is 1. The molecular formula is C16H21N3O5S. The smallest absolute Gasteiger partial charge is 0.276 e. The first-order valence-corrected chi connectivity index (χ1v) is 10.5. The summed E-state index contributed by atoms with van der Waals surface area (Å²) in [5.41, 5.74) is 0.292. The normalized spacial score (nSPS) is 28.0. The molecule has 4 rings (SSSR count). The van der Waals surface area contributed by atoms with E-state index in [0.717, 1.165) is 12.8 Å². The zero-order chi connectivity index (χ0) is 17.8. The van der Waals surface area contributed by atoms with Crippen LogP contribution < -0.4 is 0 Å². The summed E-state index contributed by atoms with van der Waals surface area (Å²) in [5.74, 6) is 0.308. The molecule has 9 heteroatoms. The van der Waals surface area contributed by atoms with Gasteiger partial charge < -0.3 is 14.2 Å². The number of nitrogens with zero attached hydrogens (tertiary/aromatic N) is 3. The van der Waals surface area contributed by atoms with Gasteiger partial charge in [0.15, 0.2) is 21.9 Å². The van der Waals surface area contributed by atoms with Crippen LogP contribution in [0, 0.1) is 0 Å². The molecule has 25 heavy (non-hydrogen) atoms. The molecule has 1 saturated carbocycles. The Hall–Kier alpha value is -1.90. The minimum Gasteiger partial charge on any atom is -0.447 e. The average molecular weight is 367 g/mol. The lowest BCUT2D eigenvalue weighted by molar-refractivity contribution is -0.135. The van der Waals surface area contributed by atoms with Gasteiger partial charge in [0.2, 0.25) is 5.91 Å². The van der Waals surface area contributed by atoms with Crippen molar-refractivity contribution in [3.8, 4) is 0 Å². The Morgan fingerprint density at radius 3 is 2.48 bits per heavy atom. The Kier molecular flexibility index (Phi) is 3.86. The molecule has 0 unspecified atom stereocenters. The van der Waals surface area contributed by atoms with Crippen molar-refractivity contribution in [2.45, 2.75) is 44.2 Å². The van der Waals surface area contributed by atoms with Crippen molar-refractivity contribution >= 4 is 21.7 Å². The second-order valence-corrected chi connectivity index (χ2v) is 9.14. The van der Waals surface area contributed by atoms with E-state index in [0.29, 0.717) is 31.0 Å². The van der Waals surface area contributed by atoms with Gasteiger partial charge in [0.1, 0.15) is 5.76 Å². The predicted molar refractivity (Wildman–Crippen MR) is 87.7 cm³/mol. The van der Waals surface area contributed by atoms with Gasteiger partial charge in [-0.15, -0.1) is 0 Å². The van der Waals surface area contributed by atoms with Crippen LogP contribution in [0.4, 0.5) is 0 Å². The summed E-state index contributed by atoms with van der Waals surface area (Å²) in [7, 11) is -3.28. The summed E-state index contributed by atoms with van der Waals surface area (Å²) in [4.78, 5) is 32.5. The summed E-state index contributed by atoms with van der Waals surface area (Å²) in [5, 5.41) is 0. The monoisotopic (exact) mass is 367 g/mol. The second kappa shape index (κ2) is 5.82. The Morgan fingerprint density at radius 1 is 1.20 bits per heavy atom. The van der Waals surface area contributed by atoms with E-state index in [-0.39, 0.29) is 29.2 Å². The van der Waals surface area contributed by atoms with Crippen molar-refractivity contribution in [1.82, 2.24) is 14.8 Å². The standard InChI is InChI=1S/C16H21N3O5S/c1-2-13(20)18-5-6-19(12-8-25(22,23)7-11(12)18)16(21)14-15(10-3-4-10)24-9-17-14/h9-12H,2-8H2,1H3/t11-,12+/m1/s1. The van der Waals surface area contributed by atoms with Gasteiger partial charge in [-0.05, 0) is 12.8 Å². The van der Waals surface area contributed by atoms with Gasteiger partial charge in [0.05, 0.1) is 23.6 Å². The highest BCUT2D eigenvalue weighted by Crippen LogP contribution is 2.42. The first-order valence-electron chi connectivity index (χ1n) is 8.65. The number of rotatable bonds is 3. The van der Waals surface area contributed by atoms with E-state index in [1.807, 2.05) is 0 Å². The van der Waals surface area contributed by atoms with E-state index in [9.17, 15) is 18.0 Å². The Labute approximate surface area is 146 Å². The molecule has 0 aromatic carbocycles. The van der Waals surface area contributed by atoms with Crippen LogP contribution in [0.1, 0.15) is 48.4 Å². The molecule has 0 bridgehead atoms. The molecule has 0 N–H and O–H groups in total. The molecule has 0 radical (unpaired) electrons. The van der Waals surface area contributed by atoms with E-state index in [1.54, 1.807) is 16.7 Å². The Balaban J connectivity index is 1.63. The first kappa shape index (κ1) is 16.6. The molecule has 3 heterocycles. The van der Waals surface area contributed by atoms with Gasteiger partial charge in [-0.2, -0.15) is 0 Å². The predicted octanol–water partition coefficient (Wildman–Crippen LogP) is 0.412. The van der Waals surface area contributed by atoms with Crippen molar-refractivity contribution in [2.75, 3.05) is 24.6 Å². The first-order chi connectivity index (χ1) is 11.9. The van der Waals surface area contributed by atoms with Crippen LogP contribution in [0.3, 0.4) is 0 Å². The summed E-state index contributed by atoms with van der Waals surface area (Å²) < 4.78 is 29.8. The van der Waals surface area contributed by atoms with Crippen LogP contribution in [0.2, 0.25) is 0 Å². The number of aromatic nitrogens is 1. The van der Waals surface area contributed by atoms with Gasteiger partial charge in [0.25, 0.3) is 5.91 Å². The van der Waals surface area contributed by atoms with Gasteiger partial charge >= 0.3 is 0 Å². The van der Waals surface area contributed by atoms with Crippen molar-refractivity contribution in [3.05, 3.63) is 17.8 Å². The lowest BCUT2D eigenvalue weighted by Crippen LogP contribution is -2.62. The molecule has 8 nitrogen and oxygen atoms in total. The Morgan fingerprint density at radius 2 is 1.84 bits per heavy atom. The zero-order valence-electron chi connectivity index (χ0n) is 14.1. The van der Waals surface area contributed by atoms with Crippen molar-refractivity contribution < 1.29 is 22.4 Å². The minimum absolute atomic E-state index is 0.0701. The molecule has 3 fully saturated rings. The highest BCUT2D eigenvalue weighted by molar-refractivity contribution is 7.91. The fraction of sp³-hybridized carbons (Fsp3) is 0.688. The van der Waals surface area contributed by atoms with Crippen LogP contribution in [-0.2, 0) is 14.6 Å². The number of oxazole rings is 1. The van der Waals surface area contributed by atoms with Gasteiger partial charge in [0, 0.05) is 25.4 Å². The molecule has 2 amide bonds. The topological polar surface area (TPSA) is 101 Å². The second-order valence-electron chi connectivity index (χ2n) is 6.99. The van der Waals surface area contributed by atoms with E-state index in [4.69, 9.17) is 4.42 Å². The van der Waals surface area contributed by atoms with Gasteiger partial charge in [-0.3, -0.25) is 9.59 Å². The number of hydrogen-bond donors (Lipinski definition) is 0. The summed E-state index contributed by atoms with van der Waals surface area (Å²) in [6.45, 7) is 2.43. The number of hydrogen-bond acceptors (Lipinski definition) is 6. The number of carbonyl (C=O) groups excluding carboxylic acids is 2. The third kappa shape index (κ3) is 2.84. The number of fused-ring (bicyclic) bond motifs is 1. The van der Waals surface area contributed by atoms with Crippen molar-refractivity contribution in [3.63, 3.8) is 0 Å². The maximum Gasteiger partial charge on any atom is 0.276 e. The molecule has 136 valence electrons. The van der Waals surface area contributed by atoms with E-state index < -0.39 is 21.9 Å². The van der Waals surface area contributed by atoms with E-state index in [2.05, 4.69) is 4.98 Å². The van der Waals surface area contributed by atoms with Gasteiger partial charge in [-0.1, -0.05) is 6.92 Å².